The van der Waals surface area contributed by atoms with E-state index >= 15 is 0 Å². The maximum Gasteiger partial charge on any atom is 0.0462 e. The van der Waals surface area contributed by atoms with Crippen LogP contribution < -0.4 is 9.80 Å². The Morgan fingerprint density at radius 1 is 0.490 bits per heavy atom. The third-order valence-corrected chi connectivity index (χ3v) is 8.73. The van der Waals surface area contributed by atoms with E-state index in [4.69, 9.17) is 0 Å². The van der Waals surface area contributed by atoms with E-state index in [1.54, 1.807) is 0 Å². The van der Waals surface area contributed by atoms with Gasteiger partial charge < -0.3 is 9.80 Å². The number of rotatable bonds is 11. The van der Waals surface area contributed by atoms with E-state index in [-0.39, 0.29) is 0 Å². The molecule has 0 radical (unpaired) electrons. The largest absolute Gasteiger partial charge is 0.311 e. The molecule has 246 valence electrons. The molecule has 7 rings (SSSR count). The van der Waals surface area contributed by atoms with Gasteiger partial charge in [-0.15, -0.1) is 0 Å². The van der Waals surface area contributed by atoms with Crippen molar-refractivity contribution in [2.45, 2.75) is 6.92 Å². The second-order valence-corrected chi connectivity index (χ2v) is 11.9. The number of hydrogen-bond donors (Lipinski definition) is 0. The van der Waals surface area contributed by atoms with Crippen LogP contribution in [0, 0.1) is 0 Å². The molecule has 0 atom stereocenters. The lowest BCUT2D eigenvalue weighted by atomic mass is 9.91. The average molecular weight is 659 g/mol. The maximum absolute atomic E-state index is 4.56. The Labute approximate surface area is 300 Å². The molecule has 0 unspecified atom stereocenters. The molecule has 0 fully saturated rings. The number of benzene rings is 5. The highest BCUT2D eigenvalue weighted by Gasteiger charge is 2.17. The van der Waals surface area contributed by atoms with Gasteiger partial charge in [-0.25, -0.2) is 0 Å². The van der Waals surface area contributed by atoms with Gasteiger partial charge in [-0.3, -0.25) is 9.97 Å². The third-order valence-electron chi connectivity index (χ3n) is 8.73. The first-order valence-electron chi connectivity index (χ1n) is 17.1. The van der Waals surface area contributed by atoms with Crippen molar-refractivity contribution in [2.75, 3.05) is 9.80 Å². The van der Waals surface area contributed by atoms with Crippen LogP contribution >= 0.6 is 0 Å². The molecule has 0 bridgehead atoms. The van der Waals surface area contributed by atoms with Gasteiger partial charge in [-0.2, -0.15) is 0 Å². The van der Waals surface area contributed by atoms with E-state index in [2.05, 4.69) is 166 Å². The molecule has 0 saturated carbocycles. The SMILES string of the molecule is C=C/C=C(\C=C/C)N(c1ccccc1)c1ccc(-c2cnccc2-c2ccncc2-c2ccc(N(c3ccccc3)c3ccccc3)cc2)cc1. The highest BCUT2D eigenvalue weighted by molar-refractivity contribution is 5.91. The first kappa shape index (κ1) is 32.8. The summed E-state index contributed by atoms with van der Waals surface area (Å²) in [5, 5.41) is 0. The van der Waals surface area contributed by atoms with Gasteiger partial charge in [0.25, 0.3) is 0 Å². The molecule has 4 nitrogen and oxygen atoms in total. The van der Waals surface area contributed by atoms with E-state index < -0.39 is 0 Å². The van der Waals surface area contributed by atoms with E-state index in [0.717, 1.165) is 67.5 Å². The Morgan fingerprint density at radius 2 is 0.902 bits per heavy atom. The van der Waals surface area contributed by atoms with Crippen LogP contribution in [0.2, 0.25) is 0 Å². The lowest BCUT2D eigenvalue weighted by Gasteiger charge is -2.26. The summed E-state index contributed by atoms with van der Waals surface area (Å²) < 4.78 is 0. The molecule has 51 heavy (non-hydrogen) atoms. The smallest absolute Gasteiger partial charge is 0.0462 e. The van der Waals surface area contributed by atoms with E-state index in [1.165, 1.54) is 0 Å². The fourth-order valence-corrected chi connectivity index (χ4v) is 6.42. The standard InChI is InChI=1S/C47H38N4/c1-3-14-38(15-4-2)50(39-16-8-5-9-17-39)42-26-22-36(23-27-42)46-34-48-32-30-44(46)45-31-33-49-35-47(45)37-24-28-43(29-25-37)51(40-18-10-6-11-19-40)41-20-12-7-13-21-41/h3-35H,1H2,2H3/b15-4-,38-14+. The van der Waals surface area contributed by atoms with Crippen LogP contribution in [0.1, 0.15) is 6.92 Å². The fraction of sp³-hybridized carbons (Fsp3) is 0.0213. The molecule has 0 spiro atoms. The zero-order chi connectivity index (χ0) is 34.8. The summed E-state index contributed by atoms with van der Waals surface area (Å²) in [6.45, 7) is 5.99. The number of hydrogen-bond acceptors (Lipinski definition) is 4. The Hall–Kier alpha value is -6.78. The lowest BCUT2D eigenvalue weighted by molar-refractivity contribution is 1.21. The van der Waals surface area contributed by atoms with Gasteiger partial charge in [0.2, 0.25) is 0 Å². The van der Waals surface area contributed by atoms with Crippen molar-refractivity contribution in [1.29, 1.82) is 0 Å². The van der Waals surface area contributed by atoms with Crippen LogP contribution in [-0.2, 0) is 0 Å². The Kier molecular flexibility index (Phi) is 10.0. The Balaban J connectivity index is 1.25. The van der Waals surface area contributed by atoms with Crippen molar-refractivity contribution >= 4 is 28.4 Å². The van der Waals surface area contributed by atoms with Crippen molar-refractivity contribution in [3.8, 4) is 33.4 Å². The number of anilines is 5. The van der Waals surface area contributed by atoms with Gasteiger partial charge >= 0.3 is 0 Å². The van der Waals surface area contributed by atoms with E-state index in [0.29, 0.717) is 0 Å². The molecule has 5 aromatic carbocycles. The molecular formula is C47H38N4. The first-order chi connectivity index (χ1) is 25.2. The zero-order valence-corrected chi connectivity index (χ0v) is 28.5. The molecule has 2 heterocycles. The highest BCUT2D eigenvalue weighted by atomic mass is 15.1. The second-order valence-electron chi connectivity index (χ2n) is 11.9. The maximum atomic E-state index is 4.56. The molecule has 0 amide bonds. The Bertz CT molecular complexity index is 2220. The van der Waals surface area contributed by atoms with Crippen molar-refractivity contribution in [3.05, 3.63) is 213 Å². The molecule has 7 aromatic rings. The van der Waals surface area contributed by atoms with Crippen molar-refractivity contribution in [3.63, 3.8) is 0 Å². The zero-order valence-electron chi connectivity index (χ0n) is 28.5. The highest BCUT2D eigenvalue weighted by Crippen LogP contribution is 2.40. The van der Waals surface area contributed by atoms with Crippen molar-refractivity contribution in [2.24, 2.45) is 0 Å². The first-order valence-corrected chi connectivity index (χ1v) is 17.1. The van der Waals surface area contributed by atoms with Crippen molar-refractivity contribution in [1.82, 2.24) is 9.97 Å². The minimum absolute atomic E-state index is 1.02. The van der Waals surface area contributed by atoms with Crippen LogP contribution in [0.15, 0.2) is 213 Å². The molecule has 0 aliphatic carbocycles. The van der Waals surface area contributed by atoms with Gasteiger partial charge in [0.15, 0.2) is 0 Å². The number of para-hydroxylation sites is 3. The molecule has 0 aliphatic rings. The van der Waals surface area contributed by atoms with E-state index in [1.807, 2.05) is 68.1 Å². The molecular weight excluding hydrogens is 621 g/mol. The summed E-state index contributed by atoms with van der Waals surface area (Å²) in [5.41, 5.74) is 12.9. The predicted octanol–water partition coefficient (Wildman–Crippen LogP) is 12.7. The molecule has 4 heteroatoms. The Morgan fingerprint density at radius 3 is 1.35 bits per heavy atom. The number of pyridine rings is 2. The monoisotopic (exact) mass is 658 g/mol. The van der Waals surface area contributed by atoms with Gasteiger partial charge in [0.05, 0.1) is 0 Å². The minimum atomic E-state index is 1.02. The van der Waals surface area contributed by atoms with E-state index in [9.17, 15) is 0 Å². The average Bonchev–Trinajstić information content (AvgIpc) is 3.20. The lowest BCUT2D eigenvalue weighted by Crippen LogP contribution is -2.15. The molecule has 0 N–H and O–H groups in total. The van der Waals surface area contributed by atoms with Crippen molar-refractivity contribution < 1.29 is 0 Å². The van der Waals surface area contributed by atoms with Crippen LogP contribution in [0.4, 0.5) is 28.4 Å². The second kappa shape index (κ2) is 15.6. The van der Waals surface area contributed by atoms with Gasteiger partial charge in [-0.1, -0.05) is 97.6 Å². The topological polar surface area (TPSA) is 32.3 Å². The van der Waals surface area contributed by atoms with Gasteiger partial charge in [0.1, 0.15) is 0 Å². The summed E-state index contributed by atoms with van der Waals surface area (Å²) in [5.74, 6) is 0. The van der Waals surface area contributed by atoms with Crippen LogP contribution in [0.25, 0.3) is 33.4 Å². The summed E-state index contributed by atoms with van der Waals surface area (Å²) in [4.78, 5) is 13.6. The number of aromatic nitrogens is 2. The third kappa shape index (κ3) is 7.17. The van der Waals surface area contributed by atoms with Crippen LogP contribution in [0.3, 0.4) is 0 Å². The number of allylic oxidation sites excluding steroid dienone is 4. The summed E-state index contributed by atoms with van der Waals surface area (Å²) in [6, 6.07) is 52.9. The molecule has 2 aromatic heterocycles. The van der Waals surface area contributed by atoms with Crippen LogP contribution in [0.5, 0.6) is 0 Å². The molecule has 0 saturated heterocycles. The predicted molar refractivity (Wildman–Crippen MR) is 215 cm³/mol. The summed E-state index contributed by atoms with van der Waals surface area (Å²) >= 11 is 0. The molecule has 0 aliphatic heterocycles. The number of nitrogens with zero attached hydrogens (tertiary/aromatic N) is 4. The van der Waals surface area contributed by atoms with Gasteiger partial charge in [-0.05, 0) is 114 Å². The normalized spacial score (nSPS) is 11.4. The summed E-state index contributed by atoms with van der Waals surface area (Å²) in [6.07, 6.45) is 15.6. The quantitative estimate of drug-likeness (QED) is 0.130. The fourth-order valence-electron chi connectivity index (χ4n) is 6.42. The minimum Gasteiger partial charge on any atom is -0.311 e. The summed E-state index contributed by atoms with van der Waals surface area (Å²) in [7, 11) is 0. The van der Waals surface area contributed by atoms with Crippen LogP contribution in [-0.4, -0.2) is 9.97 Å². The van der Waals surface area contributed by atoms with Gasteiger partial charge in [0, 0.05) is 70.0 Å².